The third-order valence-corrected chi connectivity index (χ3v) is 5.11. The Morgan fingerprint density at radius 3 is 2.44 bits per heavy atom. The number of aryl methyl sites for hydroxylation is 2. The Morgan fingerprint density at radius 1 is 1.03 bits per heavy atom. The highest BCUT2D eigenvalue weighted by Crippen LogP contribution is 2.20. The molecule has 1 aromatic heterocycles. The first kappa shape index (κ1) is 28.2. The van der Waals surface area contributed by atoms with Gasteiger partial charge in [-0.3, -0.25) is 9.67 Å². The van der Waals surface area contributed by atoms with Crippen molar-refractivity contribution in [1.82, 2.24) is 20.4 Å². The summed E-state index contributed by atoms with van der Waals surface area (Å²) in [5.74, 6) is 1.62. The fourth-order valence-electron chi connectivity index (χ4n) is 3.28. The fraction of sp³-hybridized carbons (Fsp3) is 0.565. The molecule has 2 N–H and O–H groups in total. The smallest absolute Gasteiger partial charge is 0.191 e. The zero-order valence-corrected chi connectivity index (χ0v) is 22.5. The van der Waals surface area contributed by atoms with Crippen molar-refractivity contribution in [3.63, 3.8) is 0 Å². The molecule has 0 amide bonds. The van der Waals surface area contributed by atoms with Gasteiger partial charge in [0.2, 0.25) is 0 Å². The normalized spacial score (nSPS) is 11.2. The minimum Gasteiger partial charge on any atom is -0.493 e. The maximum Gasteiger partial charge on any atom is 0.191 e. The van der Waals surface area contributed by atoms with E-state index in [0.717, 1.165) is 41.6 Å². The van der Waals surface area contributed by atoms with Gasteiger partial charge in [0.05, 0.1) is 25.5 Å². The highest BCUT2D eigenvalue weighted by molar-refractivity contribution is 14.0. The molecule has 32 heavy (non-hydrogen) atoms. The van der Waals surface area contributed by atoms with E-state index in [-0.39, 0.29) is 24.0 Å². The van der Waals surface area contributed by atoms with Crippen LogP contribution in [0.4, 0.5) is 0 Å². The highest BCUT2D eigenvalue weighted by atomic mass is 127. The molecule has 2 aromatic rings. The lowest BCUT2D eigenvalue weighted by atomic mass is 10.1. The van der Waals surface area contributed by atoms with Crippen LogP contribution < -0.4 is 15.4 Å². The van der Waals surface area contributed by atoms with Crippen molar-refractivity contribution >= 4 is 29.9 Å². The van der Waals surface area contributed by atoms with Crippen LogP contribution in [0, 0.1) is 20.8 Å². The van der Waals surface area contributed by atoms with Gasteiger partial charge in [0.15, 0.2) is 5.96 Å². The van der Waals surface area contributed by atoms with E-state index in [9.17, 15) is 0 Å². The van der Waals surface area contributed by atoms with Crippen molar-refractivity contribution in [2.75, 3.05) is 41.1 Å². The molecule has 9 heteroatoms. The monoisotopic (exact) mass is 559 g/mol. The van der Waals surface area contributed by atoms with Gasteiger partial charge in [0.25, 0.3) is 0 Å². The first-order valence-corrected chi connectivity index (χ1v) is 10.7. The van der Waals surface area contributed by atoms with E-state index in [0.29, 0.717) is 32.9 Å². The van der Waals surface area contributed by atoms with Crippen molar-refractivity contribution in [3.05, 3.63) is 46.3 Å². The Morgan fingerprint density at radius 2 is 1.75 bits per heavy atom. The molecule has 1 aromatic carbocycles. The average Bonchev–Trinajstić information content (AvgIpc) is 3.03. The molecule has 8 nitrogen and oxygen atoms in total. The van der Waals surface area contributed by atoms with Crippen molar-refractivity contribution in [2.45, 2.75) is 46.8 Å². The molecule has 0 aliphatic heterocycles. The number of rotatable bonds is 12. The second-order valence-electron chi connectivity index (χ2n) is 7.45. The Hall–Kier alpha value is -1.85. The number of nitrogens with one attached hydrogen (secondary N) is 2. The minimum absolute atomic E-state index is 0. The van der Waals surface area contributed by atoms with Crippen LogP contribution in [0.15, 0.2) is 23.2 Å². The first-order chi connectivity index (χ1) is 15.0. The molecule has 0 saturated carbocycles. The fourth-order valence-corrected chi connectivity index (χ4v) is 3.28. The summed E-state index contributed by atoms with van der Waals surface area (Å²) in [5.41, 5.74) is 5.59. The number of hydrogen-bond acceptors (Lipinski definition) is 5. The summed E-state index contributed by atoms with van der Waals surface area (Å²) in [6, 6.07) is 6.26. The summed E-state index contributed by atoms with van der Waals surface area (Å²) in [7, 11) is 5.18. The molecule has 0 bridgehead atoms. The van der Waals surface area contributed by atoms with Gasteiger partial charge in [-0.05, 0) is 32.4 Å². The molecule has 0 aliphatic carbocycles. The van der Waals surface area contributed by atoms with E-state index in [1.807, 2.05) is 11.6 Å². The predicted molar refractivity (Wildman–Crippen MR) is 139 cm³/mol. The number of methoxy groups -OCH3 is 2. The van der Waals surface area contributed by atoms with Crippen LogP contribution in [0.1, 0.15) is 34.5 Å². The van der Waals surface area contributed by atoms with Crippen LogP contribution in [0.2, 0.25) is 0 Å². The number of halogens is 1. The second kappa shape index (κ2) is 15.1. The van der Waals surface area contributed by atoms with Gasteiger partial charge in [-0.25, -0.2) is 0 Å². The number of aliphatic imine (C=N–C) groups is 1. The number of guanidine groups is 1. The summed E-state index contributed by atoms with van der Waals surface area (Å²) < 4.78 is 18.2. The highest BCUT2D eigenvalue weighted by Gasteiger charge is 2.12. The number of aromatic nitrogens is 2. The van der Waals surface area contributed by atoms with Crippen molar-refractivity contribution in [3.8, 4) is 5.75 Å². The minimum atomic E-state index is 0. The van der Waals surface area contributed by atoms with Gasteiger partial charge in [0.1, 0.15) is 5.75 Å². The van der Waals surface area contributed by atoms with E-state index in [1.165, 1.54) is 11.1 Å². The quantitative estimate of drug-likeness (QED) is 0.180. The SMILES string of the molecule is CN=C(NCc1ccc(C)cc1OCCCOC)NCc1c(C)nn(CCOC)c1C.I. The molecular weight excluding hydrogens is 521 g/mol. The Balaban J connectivity index is 0.00000512. The number of hydrogen-bond donors (Lipinski definition) is 2. The van der Waals surface area contributed by atoms with Crippen LogP contribution in [0.25, 0.3) is 0 Å². The molecule has 0 aliphatic rings. The lowest BCUT2D eigenvalue weighted by molar-refractivity contribution is 0.171. The van der Waals surface area contributed by atoms with Gasteiger partial charge >= 0.3 is 0 Å². The molecule has 2 rings (SSSR count). The summed E-state index contributed by atoms with van der Waals surface area (Å²) in [4.78, 5) is 4.36. The first-order valence-electron chi connectivity index (χ1n) is 10.7. The van der Waals surface area contributed by atoms with Crippen LogP contribution in [0.5, 0.6) is 5.75 Å². The molecule has 0 spiro atoms. The number of benzene rings is 1. The van der Waals surface area contributed by atoms with Crippen LogP contribution in [-0.2, 0) is 29.1 Å². The Labute approximate surface area is 209 Å². The summed E-state index contributed by atoms with van der Waals surface area (Å²) in [5, 5.41) is 11.4. The molecule has 1 heterocycles. The Kier molecular flexibility index (Phi) is 13.3. The molecule has 0 radical (unpaired) electrons. The summed E-state index contributed by atoms with van der Waals surface area (Å²) >= 11 is 0. The van der Waals surface area contributed by atoms with E-state index in [1.54, 1.807) is 21.3 Å². The van der Waals surface area contributed by atoms with E-state index in [2.05, 4.69) is 52.8 Å². The van der Waals surface area contributed by atoms with Gasteiger partial charge in [-0.1, -0.05) is 12.1 Å². The van der Waals surface area contributed by atoms with E-state index < -0.39 is 0 Å². The number of ether oxygens (including phenoxy) is 3. The van der Waals surface area contributed by atoms with Crippen molar-refractivity contribution < 1.29 is 14.2 Å². The van der Waals surface area contributed by atoms with Crippen molar-refractivity contribution in [2.24, 2.45) is 4.99 Å². The number of nitrogens with zero attached hydrogens (tertiary/aromatic N) is 3. The van der Waals surface area contributed by atoms with Gasteiger partial charge in [-0.15, -0.1) is 24.0 Å². The summed E-state index contributed by atoms with van der Waals surface area (Å²) in [6.45, 7) is 10.2. The van der Waals surface area contributed by atoms with E-state index in [4.69, 9.17) is 14.2 Å². The zero-order chi connectivity index (χ0) is 22.6. The standard InChI is InChI=1S/C23H37N5O3.HI/c1-17-8-9-20(22(14-17)31-12-7-11-29-5)15-25-23(24-4)26-16-21-18(2)27-28(19(21)3)10-13-30-6;/h8-9,14H,7,10-13,15-16H2,1-6H3,(H2,24,25,26);1H. The average molecular weight is 559 g/mol. The molecule has 0 fully saturated rings. The lowest BCUT2D eigenvalue weighted by Crippen LogP contribution is -2.36. The molecular formula is C23H38IN5O3. The molecule has 0 atom stereocenters. The third kappa shape index (κ3) is 8.59. The van der Waals surface area contributed by atoms with Crippen molar-refractivity contribution in [1.29, 1.82) is 0 Å². The van der Waals surface area contributed by atoms with E-state index >= 15 is 0 Å². The molecule has 0 saturated heterocycles. The maximum atomic E-state index is 5.98. The Bertz CT molecular complexity index is 854. The largest absolute Gasteiger partial charge is 0.493 e. The van der Waals surface area contributed by atoms with Gasteiger partial charge < -0.3 is 24.8 Å². The second-order valence-corrected chi connectivity index (χ2v) is 7.45. The molecule has 0 unspecified atom stereocenters. The maximum absolute atomic E-state index is 5.98. The summed E-state index contributed by atoms with van der Waals surface area (Å²) in [6.07, 6.45) is 0.858. The van der Waals surface area contributed by atoms with Crippen LogP contribution >= 0.6 is 24.0 Å². The van der Waals surface area contributed by atoms with Crippen LogP contribution in [0.3, 0.4) is 0 Å². The zero-order valence-electron chi connectivity index (χ0n) is 20.2. The third-order valence-electron chi connectivity index (χ3n) is 5.11. The van der Waals surface area contributed by atoms with Crippen LogP contribution in [-0.4, -0.2) is 56.8 Å². The van der Waals surface area contributed by atoms with Gasteiger partial charge in [-0.2, -0.15) is 5.10 Å². The topological polar surface area (TPSA) is 81.9 Å². The molecule has 180 valence electrons. The lowest BCUT2D eigenvalue weighted by Gasteiger charge is -2.16. The van der Waals surface area contributed by atoms with Gasteiger partial charge in [0, 0.05) is 64.2 Å². The predicted octanol–water partition coefficient (Wildman–Crippen LogP) is 3.35.